The van der Waals surface area contributed by atoms with Gasteiger partial charge in [0.1, 0.15) is 0 Å². The van der Waals surface area contributed by atoms with Crippen molar-refractivity contribution in [1.82, 2.24) is 4.31 Å². The Bertz CT molecular complexity index is 1160. The molecule has 2 aliphatic heterocycles. The van der Waals surface area contributed by atoms with Gasteiger partial charge in [0, 0.05) is 32.6 Å². The zero-order valence-corrected chi connectivity index (χ0v) is 21.5. The molecule has 0 aromatic heterocycles. The van der Waals surface area contributed by atoms with Crippen LogP contribution in [0, 0.1) is 0 Å². The lowest BCUT2D eigenvalue weighted by Crippen LogP contribution is -2.40. The molecule has 0 atom stereocenters. The first-order chi connectivity index (χ1) is 17.4. The summed E-state index contributed by atoms with van der Waals surface area (Å²) in [5, 5.41) is 2.96. The molecular formula is C25H33N3O7S. The van der Waals surface area contributed by atoms with Crippen molar-refractivity contribution in [3.05, 3.63) is 42.0 Å². The predicted molar refractivity (Wildman–Crippen MR) is 136 cm³/mol. The fourth-order valence-corrected chi connectivity index (χ4v) is 5.73. The Morgan fingerprint density at radius 1 is 0.917 bits per heavy atom. The van der Waals surface area contributed by atoms with E-state index in [1.54, 1.807) is 32.4 Å². The summed E-state index contributed by atoms with van der Waals surface area (Å²) in [5.74, 6) is 1.02. The van der Waals surface area contributed by atoms with E-state index in [1.165, 1.54) is 4.31 Å². The number of ether oxygens (including phenoxy) is 4. The van der Waals surface area contributed by atoms with Gasteiger partial charge in [-0.2, -0.15) is 4.31 Å². The van der Waals surface area contributed by atoms with Gasteiger partial charge in [0.2, 0.25) is 15.9 Å². The second kappa shape index (κ2) is 11.9. The second-order valence-electron chi connectivity index (χ2n) is 8.53. The monoisotopic (exact) mass is 519 g/mol. The van der Waals surface area contributed by atoms with Crippen molar-refractivity contribution in [3.8, 4) is 11.5 Å². The summed E-state index contributed by atoms with van der Waals surface area (Å²) < 4.78 is 49.3. The number of anilines is 2. The van der Waals surface area contributed by atoms with Crippen LogP contribution in [0.1, 0.15) is 12.0 Å². The van der Waals surface area contributed by atoms with Crippen molar-refractivity contribution in [3.63, 3.8) is 0 Å². The molecule has 2 saturated heterocycles. The van der Waals surface area contributed by atoms with Gasteiger partial charge in [-0.1, -0.05) is 6.07 Å². The Morgan fingerprint density at radius 2 is 1.58 bits per heavy atom. The number of hydrogen-bond acceptors (Lipinski definition) is 8. The highest BCUT2D eigenvalue weighted by Gasteiger charge is 2.28. The molecular weight excluding hydrogens is 486 g/mol. The molecule has 10 nitrogen and oxygen atoms in total. The van der Waals surface area contributed by atoms with Crippen LogP contribution in [0.4, 0.5) is 11.4 Å². The van der Waals surface area contributed by atoms with Gasteiger partial charge in [-0.3, -0.25) is 4.79 Å². The molecule has 0 spiro atoms. The maximum Gasteiger partial charge on any atom is 0.243 e. The van der Waals surface area contributed by atoms with Crippen LogP contribution in [0.5, 0.6) is 11.5 Å². The number of nitrogens with one attached hydrogen (secondary N) is 1. The summed E-state index contributed by atoms with van der Waals surface area (Å²) in [5.41, 5.74) is 2.18. The van der Waals surface area contributed by atoms with Crippen molar-refractivity contribution in [1.29, 1.82) is 0 Å². The molecule has 2 heterocycles. The number of methoxy groups -OCH3 is 2. The van der Waals surface area contributed by atoms with Crippen LogP contribution in [-0.4, -0.2) is 85.5 Å². The molecule has 2 aromatic carbocycles. The summed E-state index contributed by atoms with van der Waals surface area (Å²) in [6.07, 6.45) is 0.712. The highest BCUT2D eigenvalue weighted by atomic mass is 32.2. The van der Waals surface area contributed by atoms with Gasteiger partial charge in [0.15, 0.2) is 11.5 Å². The Hall–Kier alpha value is -2.86. The molecule has 1 amide bonds. The van der Waals surface area contributed by atoms with Crippen molar-refractivity contribution in [2.45, 2.75) is 17.7 Å². The minimum Gasteiger partial charge on any atom is -0.493 e. The Labute approximate surface area is 212 Å². The number of carbonyl (C=O) groups is 1. The normalized spacial score (nSPS) is 17.0. The standard InChI is InChI=1S/C25H33N3O7S/c1-32-23-7-3-19(17-24(23)33-2)4-8-25(29)26-21-18-20(36(30,31)28-11-15-35-16-12-28)5-6-22(21)27-9-13-34-14-10-27/h3,5-7,17-18H,4,8-16H2,1-2H3,(H,26,29). The molecule has 0 aliphatic carbocycles. The lowest BCUT2D eigenvalue weighted by molar-refractivity contribution is -0.116. The molecule has 2 fully saturated rings. The topological polar surface area (TPSA) is 107 Å². The summed E-state index contributed by atoms with van der Waals surface area (Å²) in [4.78, 5) is 15.2. The number of sulfonamides is 1. The highest BCUT2D eigenvalue weighted by Crippen LogP contribution is 2.32. The predicted octanol–water partition coefficient (Wildman–Crippen LogP) is 2.13. The number of rotatable bonds is 9. The third-order valence-electron chi connectivity index (χ3n) is 6.29. The molecule has 2 aliphatic rings. The number of carbonyl (C=O) groups excluding carboxylic acids is 1. The van der Waals surface area contributed by atoms with E-state index in [9.17, 15) is 13.2 Å². The van der Waals surface area contributed by atoms with Gasteiger partial charge in [-0.25, -0.2) is 8.42 Å². The fraction of sp³-hybridized carbons (Fsp3) is 0.480. The Morgan fingerprint density at radius 3 is 2.25 bits per heavy atom. The van der Waals surface area contributed by atoms with Gasteiger partial charge in [0.05, 0.1) is 56.9 Å². The lowest BCUT2D eigenvalue weighted by Gasteiger charge is -2.31. The van der Waals surface area contributed by atoms with E-state index < -0.39 is 10.0 Å². The maximum absolute atomic E-state index is 13.2. The first-order valence-corrected chi connectivity index (χ1v) is 13.4. The minimum atomic E-state index is -3.70. The first kappa shape index (κ1) is 26.2. The molecule has 36 heavy (non-hydrogen) atoms. The first-order valence-electron chi connectivity index (χ1n) is 12.0. The number of amides is 1. The van der Waals surface area contributed by atoms with Gasteiger partial charge < -0.3 is 29.2 Å². The zero-order valence-electron chi connectivity index (χ0n) is 20.7. The third-order valence-corrected chi connectivity index (χ3v) is 8.19. The molecule has 0 saturated carbocycles. The molecule has 196 valence electrons. The number of aryl methyl sites for hydroxylation is 1. The van der Waals surface area contributed by atoms with Crippen molar-refractivity contribution in [2.75, 3.05) is 77.0 Å². The molecule has 11 heteroatoms. The number of benzene rings is 2. The maximum atomic E-state index is 13.2. The molecule has 2 aromatic rings. The third kappa shape index (κ3) is 6.09. The van der Waals surface area contributed by atoms with Crippen LogP contribution in [0.15, 0.2) is 41.3 Å². The Kier molecular flexibility index (Phi) is 8.68. The van der Waals surface area contributed by atoms with Crippen molar-refractivity contribution in [2.24, 2.45) is 0 Å². The zero-order chi connectivity index (χ0) is 25.5. The second-order valence-corrected chi connectivity index (χ2v) is 10.5. The Balaban J connectivity index is 1.53. The lowest BCUT2D eigenvalue weighted by atomic mass is 10.1. The van der Waals surface area contributed by atoms with E-state index in [4.69, 9.17) is 18.9 Å². The molecule has 0 bridgehead atoms. The van der Waals surface area contributed by atoms with Crippen molar-refractivity contribution >= 4 is 27.3 Å². The van der Waals surface area contributed by atoms with Crippen LogP contribution in [0.3, 0.4) is 0 Å². The van der Waals surface area contributed by atoms with Crippen LogP contribution >= 0.6 is 0 Å². The summed E-state index contributed by atoms with van der Waals surface area (Å²) in [6.45, 7) is 3.80. The van der Waals surface area contributed by atoms with Gasteiger partial charge in [-0.15, -0.1) is 0 Å². The summed E-state index contributed by atoms with van der Waals surface area (Å²) in [7, 11) is -0.562. The average molecular weight is 520 g/mol. The van der Waals surface area contributed by atoms with Crippen LogP contribution in [-0.2, 0) is 30.7 Å². The van der Waals surface area contributed by atoms with E-state index in [2.05, 4.69) is 10.2 Å². The fourth-order valence-electron chi connectivity index (χ4n) is 4.30. The van der Waals surface area contributed by atoms with Gasteiger partial charge >= 0.3 is 0 Å². The van der Waals surface area contributed by atoms with E-state index in [-0.39, 0.29) is 17.2 Å². The highest BCUT2D eigenvalue weighted by molar-refractivity contribution is 7.89. The summed E-state index contributed by atoms with van der Waals surface area (Å²) in [6, 6.07) is 10.5. The smallest absolute Gasteiger partial charge is 0.243 e. The summed E-state index contributed by atoms with van der Waals surface area (Å²) >= 11 is 0. The SMILES string of the molecule is COc1ccc(CCC(=O)Nc2cc(S(=O)(=O)N3CCOCC3)ccc2N2CCOCC2)cc1OC. The largest absolute Gasteiger partial charge is 0.493 e. The van der Waals surface area contributed by atoms with E-state index >= 15 is 0 Å². The quantitative estimate of drug-likeness (QED) is 0.537. The van der Waals surface area contributed by atoms with Crippen LogP contribution in [0.25, 0.3) is 0 Å². The van der Waals surface area contributed by atoms with E-state index in [1.807, 2.05) is 18.2 Å². The van der Waals surface area contributed by atoms with Crippen molar-refractivity contribution < 1.29 is 32.2 Å². The molecule has 4 rings (SSSR count). The van der Waals surface area contributed by atoms with Gasteiger partial charge in [-0.05, 0) is 42.3 Å². The number of nitrogens with zero attached hydrogens (tertiary/aromatic N) is 2. The average Bonchev–Trinajstić information content (AvgIpc) is 2.92. The number of hydrogen-bond donors (Lipinski definition) is 1. The molecule has 1 N–H and O–H groups in total. The van der Waals surface area contributed by atoms with Gasteiger partial charge in [0.25, 0.3) is 0 Å². The van der Waals surface area contributed by atoms with E-state index in [0.717, 1.165) is 11.3 Å². The van der Waals surface area contributed by atoms with Crippen LogP contribution in [0.2, 0.25) is 0 Å². The molecule has 0 unspecified atom stereocenters. The molecule has 0 radical (unpaired) electrons. The number of morpholine rings is 2. The minimum absolute atomic E-state index is 0.150. The van der Waals surface area contributed by atoms with E-state index in [0.29, 0.717) is 76.2 Å². The van der Waals surface area contributed by atoms with Crippen LogP contribution < -0.4 is 19.7 Å².